The van der Waals surface area contributed by atoms with Crippen LogP contribution in [0, 0.1) is 11.3 Å². The molecule has 0 unspecified atom stereocenters. The number of anilines is 1. The summed E-state index contributed by atoms with van der Waals surface area (Å²) in [5.74, 6) is 1.06. The van der Waals surface area contributed by atoms with Gasteiger partial charge in [0, 0.05) is 18.2 Å². The Kier molecular flexibility index (Phi) is 6.40. The van der Waals surface area contributed by atoms with Crippen molar-refractivity contribution < 1.29 is 9.53 Å². The molecular formula is C24H32N2O2. The molecule has 4 heteroatoms. The predicted octanol–water partition coefficient (Wildman–Crippen LogP) is 5.06. The van der Waals surface area contributed by atoms with Gasteiger partial charge in [0.05, 0.1) is 7.11 Å². The first-order chi connectivity index (χ1) is 13.3. The zero-order valence-corrected chi connectivity index (χ0v) is 17.5. The third-order valence-corrected chi connectivity index (χ3v) is 5.19. The maximum absolute atomic E-state index is 12.8. The number of nitrogens with zero attached hydrogens (tertiary/aromatic N) is 1. The van der Waals surface area contributed by atoms with Crippen LogP contribution in [0.25, 0.3) is 11.1 Å². The zero-order valence-electron chi connectivity index (χ0n) is 17.5. The van der Waals surface area contributed by atoms with Crippen LogP contribution < -0.4 is 10.1 Å². The summed E-state index contributed by atoms with van der Waals surface area (Å²) >= 11 is 0. The molecule has 1 saturated heterocycles. The number of piperidine rings is 1. The maximum Gasteiger partial charge on any atom is 0.227 e. The van der Waals surface area contributed by atoms with E-state index in [4.69, 9.17) is 4.74 Å². The molecule has 0 aromatic heterocycles. The van der Waals surface area contributed by atoms with E-state index in [9.17, 15) is 4.79 Å². The quantitative estimate of drug-likeness (QED) is 0.788. The van der Waals surface area contributed by atoms with E-state index in [1.54, 1.807) is 7.11 Å². The summed E-state index contributed by atoms with van der Waals surface area (Å²) in [5, 5.41) is 3.12. The van der Waals surface area contributed by atoms with E-state index in [0.29, 0.717) is 5.41 Å². The summed E-state index contributed by atoms with van der Waals surface area (Å²) in [4.78, 5) is 15.2. The molecule has 0 aliphatic carbocycles. The van der Waals surface area contributed by atoms with E-state index in [1.165, 1.54) is 0 Å². The molecule has 0 saturated carbocycles. The van der Waals surface area contributed by atoms with Gasteiger partial charge >= 0.3 is 0 Å². The highest BCUT2D eigenvalue weighted by atomic mass is 16.5. The normalized spacial score (nSPS) is 16.0. The SMILES string of the molecule is COc1cccc(-c2cccc(NC(=O)C3CCN(CC(C)(C)C)CC3)c2)c1. The van der Waals surface area contributed by atoms with Crippen molar-refractivity contribution in [2.45, 2.75) is 33.6 Å². The summed E-state index contributed by atoms with van der Waals surface area (Å²) < 4.78 is 5.32. The van der Waals surface area contributed by atoms with Gasteiger partial charge in [-0.2, -0.15) is 0 Å². The fourth-order valence-corrected chi connectivity index (χ4v) is 3.85. The van der Waals surface area contributed by atoms with Crippen LogP contribution in [-0.2, 0) is 4.79 Å². The summed E-state index contributed by atoms with van der Waals surface area (Å²) in [5.41, 5.74) is 3.29. The van der Waals surface area contributed by atoms with Crippen LogP contribution in [0.2, 0.25) is 0 Å². The minimum Gasteiger partial charge on any atom is -0.497 e. The zero-order chi connectivity index (χ0) is 20.1. The molecule has 0 atom stereocenters. The molecule has 3 rings (SSSR count). The van der Waals surface area contributed by atoms with Gasteiger partial charge in [0.15, 0.2) is 0 Å². The van der Waals surface area contributed by atoms with Crippen molar-refractivity contribution in [3.8, 4) is 16.9 Å². The maximum atomic E-state index is 12.8. The molecule has 150 valence electrons. The van der Waals surface area contributed by atoms with Crippen molar-refractivity contribution in [1.82, 2.24) is 4.90 Å². The molecule has 0 radical (unpaired) electrons. The average Bonchev–Trinajstić information content (AvgIpc) is 2.67. The van der Waals surface area contributed by atoms with E-state index < -0.39 is 0 Å². The minimum atomic E-state index is 0.0942. The van der Waals surface area contributed by atoms with Gasteiger partial charge in [0.1, 0.15) is 5.75 Å². The van der Waals surface area contributed by atoms with Gasteiger partial charge in [-0.05, 0) is 66.7 Å². The van der Waals surface area contributed by atoms with Crippen LogP contribution in [0.5, 0.6) is 5.75 Å². The van der Waals surface area contributed by atoms with E-state index in [1.807, 2.05) is 42.5 Å². The number of rotatable bonds is 5. The Balaban J connectivity index is 1.61. The van der Waals surface area contributed by atoms with Gasteiger partial charge in [-0.1, -0.05) is 45.0 Å². The second kappa shape index (κ2) is 8.78. The van der Waals surface area contributed by atoms with Crippen molar-refractivity contribution >= 4 is 11.6 Å². The first kappa shape index (κ1) is 20.4. The van der Waals surface area contributed by atoms with Crippen LogP contribution in [0.4, 0.5) is 5.69 Å². The number of nitrogens with one attached hydrogen (secondary N) is 1. The lowest BCUT2D eigenvalue weighted by molar-refractivity contribution is -0.121. The molecule has 28 heavy (non-hydrogen) atoms. The number of amides is 1. The smallest absolute Gasteiger partial charge is 0.227 e. The number of methoxy groups -OCH3 is 1. The molecule has 1 aliphatic heterocycles. The number of benzene rings is 2. The Morgan fingerprint density at radius 2 is 1.71 bits per heavy atom. The van der Waals surface area contributed by atoms with Crippen molar-refractivity contribution in [2.75, 3.05) is 32.1 Å². The molecule has 1 aliphatic rings. The molecule has 2 aromatic rings. The lowest BCUT2D eigenvalue weighted by Gasteiger charge is -2.35. The highest BCUT2D eigenvalue weighted by Gasteiger charge is 2.27. The molecule has 4 nitrogen and oxygen atoms in total. The molecule has 0 bridgehead atoms. The van der Waals surface area contributed by atoms with Gasteiger partial charge in [0.25, 0.3) is 0 Å². The number of likely N-dealkylation sites (tertiary alicyclic amines) is 1. The summed E-state index contributed by atoms with van der Waals surface area (Å²) in [6.07, 6.45) is 1.86. The van der Waals surface area contributed by atoms with E-state index in [2.05, 4.69) is 37.1 Å². The lowest BCUT2D eigenvalue weighted by atomic mass is 9.91. The Morgan fingerprint density at radius 3 is 2.36 bits per heavy atom. The second-order valence-corrected chi connectivity index (χ2v) is 8.91. The lowest BCUT2D eigenvalue weighted by Crippen LogP contribution is -2.41. The van der Waals surface area contributed by atoms with Crippen LogP contribution in [0.15, 0.2) is 48.5 Å². The molecule has 1 fully saturated rings. The van der Waals surface area contributed by atoms with Gasteiger partial charge < -0.3 is 15.0 Å². The molecule has 0 spiro atoms. The van der Waals surface area contributed by atoms with Gasteiger partial charge in [-0.25, -0.2) is 0 Å². The highest BCUT2D eigenvalue weighted by Crippen LogP contribution is 2.27. The van der Waals surface area contributed by atoms with Crippen molar-refractivity contribution in [3.05, 3.63) is 48.5 Å². The number of carbonyl (C=O) groups excluding carboxylic acids is 1. The fraction of sp³-hybridized carbons (Fsp3) is 0.458. The number of hydrogen-bond donors (Lipinski definition) is 1. The molecular weight excluding hydrogens is 348 g/mol. The van der Waals surface area contributed by atoms with Gasteiger partial charge in [0.2, 0.25) is 5.91 Å². The van der Waals surface area contributed by atoms with Crippen molar-refractivity contribution in [2.24, 2.45) is 11.3 Å². The molecule has 2 aromatic carbocycles. The third-order valence-electron chi connectivity index (χ3n) is 5.19. The van der Waals surface area contributed by atoms with Crippen LogP contribution in [0.1, 0.15) is 33.6 Å². The number of ether oxygens (including phenoxy) is 1. The molecule has 1 heterocycles. The molecule has 1 N–H and O–H groups in total. The summed E-state index contributed by atoms with van der Waals surface area (Å²) in [6.45, 7) is 9.88. The summed E-state index contributed by atoms with van der Waals surface area (Å²) in [6, 6.07) is 16.0. The molecule has 1 amide bonds. The number of carbonyl (C=O) groups is 1. The first-order valence-electron chi connectivity index (χ1n) is 10.1. The highest BCUT2D eigenvalue weighted by molar-refractivity contribution is 5.93. The monoisotopic (exact) mass is 380 g/mol. The Bertz CT molecular complexity index is 802. The largest absolute Gasteiger partial charge is 0.497 e. The van der Waals surface area contributed by atoms with Gasteiger partial charge in [-0.3, -0.25) is 4.79 Å². The minimum absolute atomic E-state index is 0.0942. The fourth-order valence-electron chi connectivity index (χ4n) is 3.85. The van der Waals surface area contributed by atoms with Crippen LogP contribution in [-0.4, -0.2) is 37.6 Å². The van der Waals surface area contributed by atoms with Crippen LogP contribution >= 0.6 is 0 Å². The predicted molar refractivity (Wildman–Crippen MR) is 116 cm³/mol. The van der Waals surface area contributed by atoms with Crippen LogP contribution in [0.3, 0.4) is 0 Å². The Morgan fingerprint density at radius 1 is 1.07 bits per heavy atom. The second-order valence-electron chi connectivity index (χ2n) is 8.91. The van der Waals surface area contributed by atoms with E-state index in [-0.39, 0.29) is 11.8 Å². The van der Waals surface area contributed by atoms with E-state index >= 15 is 0 Å². The average molecular weight is 381 g/mol. The van der Waals surface area contributed by atoms with E-state index in [0.717, 1.165) is 55.0 Å². The first-order valence-corrected chi connectivity index (χ1v) is 10.1. The van der Waals surface area contributed by atoms with Crippen molar-refractivity contribution in [1.29, 1.82) is 0 Å². The Labute approximate surface area is 168 Å². The topological polar surface area (TPSA) is 41.6 Å². The number of hydrogen-bond acceptors (Lipinski definition) is 3. The Hall–Kier alpha value is -2.33. The van der Waals surface area contributed by atoms with Gasteiger partial charge in [-0.15, -0.1) is 0 Å². The third kappa shape index (κ3) is 5.59. The standard InChI is InChI=1S/C24H32N2O2/c1-24(2,3)17-26-13-11-18(12-14-26)23(27)25-21-9-5-7-19(15-21)20-8-6-10-22(16-20)28-4/h5-10,15-16,18H,11-14,17H2,1-4H3,(H,25,27). The summed E-state index contributed by atoms with van der Waals surface area (Å²) in [7, 11) is 1.67. The van der Waals surface area contributed by atoms with Crippen molar-refractivity contribution in [3.63, 3.8) is 0 Å².